The SMILES string of the molecule is CC(=O)O[C@@H]1COc2cc(O[C@@H]3CCc4c(B5OC(C)(C)C(C)(C)O5)ccc(F)c43)ccc21. The summed E-state index contributed by atoms with van der Waals surface area (Å²) in [6.45, 7) is 9.67. The largest absolute Gasteiger partial charge is 0.495 e. The van der Waals surface area contributed by atoms with Crippen molar-refractivity contribution in [2.24, 2.45) is 0 Å². The molecule has 6 nitrogen and oxygen atoms in total. The van der Waals surface area contributed by atoms with E-state index in [0.717, 1.165) is 16.6 Å². The quantitative estimate of drug-likeness (QED) is 0.510. The average Bonchev–Trinajstić information content (AvgIpc) is 3.37. The number of halogens is 1. The van der Waals surface area contributed by atoms with E-state index in [4.69, 9.17) is 23.5 Å². The first-order chi connectivity index (χ1) is 15.6. The third-order valence-corrected chi connectivity index (χ3v) is 7.13. The second kappa shape index (κ2) is 7.74. The Labute approximate surface area is 193 Å². The van der Waals surface area contributed by atoms with Crippen LogP contribution in [-0.4, -0.2) is 30.9 Å². The lowest BCUT2D eigenvalue weighted by Crippen LogP contribution is -2.41. The second-order valence-corrected chi connectivity index (χ2v) is 9.87. The standard InChI is InChI=1S/C25H28BFO6/c1-14(28)30-22-13-29-21-12-15(6-7-17(21)22)31-20-11-8-16-18(9-10-19(27)23(16)20)26-32-24(2,3)25(4,5)33-26/h6-7,9-10,12,20,22H,8,11,13H2,1-5H3/t20-,22-/m1/s1. The molecule has 1 fully saturated rings. The molecule has 0 saturated carbocycles. The molecule has 1 saturated heterocycles. The van der Waals surface area contributed by atoms with Crippen molar-refractivity contribution < 1.29 is 32.7 Å². The molecule has 3 aliphatic rings. The van der Waals surface area contributed by atoms with Crippen molar-refractivity contribution >= 4 is 18.6 Å². The first-order valence-electron chi connectivity index (χ1n) is 11.3. The number of carbonyl (C=O) groups excluding carboxylic acids is 1. The Morgan fingerprint density at radius 2 is 1.82 bits per heavy atom. The predicted octanol–water partition coefficient (Wildman–Crippen LogP) is 4.19. The van der Waals surface area contributed by atoms with E-state index in [9.17, 15) is 9.18 Å². The molecule has 0 amide bonds. The number of esters is 1. The van der Waals surface area contributed by atoms with E-state index in [1.54, 1.807) is 18.2 Å². The smallest absolute Gasteiger partial charge is 0.489 e. The van der Waals surface area contributed by atoms with Crippen molar-refractivity contribution in [1.82, 2.24) is 0 Å². The van der Waals surface area contributed by atoms with Crippen LogP contribution in [0.4, 0.5) is 4.39 Å². The molecule has 2 atom stereocenters. The van der Waals surface area contributed by atoms with Gasteiger partial charge in [0.25, 0.3) is 0 Å². The summed E-state index contributed by atoms with van der Waals surface area (Å²) >= 11 is 0. The van der Waals surface area contributed by atoms with Crippen LogP contribution in [0.5, 0.6) is 11.5 Å². The Balaban J connectivity index is 1.39. The fourth-order valence-electron chi connectivity index (χ4n) is 4.70. The van der Waals surface area contributed by atoms with Crippen LogP contribution >= 0.6 is 0 Å². The minimum Gasteiger partial charge on any atom is -0.489 e. The molecule has 2 heterocycles. The Bertz CT molecular complexity index is 1100. The molecule has 0 spiro atoms. The molecule has 0 aromatic heterocycles. The highest BCUT2D eigenvalue weighted by atomic mass is 19.1. The van der Waals surface area contributed by atoms with Gasteiger partial charge in [0.2, 0.25) is 0 Å². The van der Waals surface area contributed by atoms with Gasteiger partial charge in [-0.1, -0.05) is 6.07 Å². The molecule has 0 radical (unpaired) electrons. The molecule has 174 valence electrons. The summed E-state index contributed by atoms with van der Waals surface area (Å²) in [5.74, 6) is 0.548. The molecule has 0 bridgehead atoms. The molecule has 0 N–H and O–H groups in total. The minimum atomic E-state index is -0.547. The summed E-state index contributed by atoms with van der Waals surface area (Å²) in [5, 5.41) is 0. The van der Waals surface area contributed by atoms with Gasteiger partial charge in [-0.2, -0.15) is 0 Å². The molecule has 0 unspecified atom stereocenters. The van der Waals surface area contributed by atoms with E-state index in [2.05, 4.69) is 0 Å². The fourth-order valence-corrected chi connectivity index (χ4v) is 4.70. The maximum Gasteiger partial charge on any atom is 0.495 e. The monoisotopic (exact) mass is 454 g/mol. The maximum atomic E-state index is 15.0. The lowest BCUT2D eigenvalue weighted by Gasteiger charge is -2.32. The van der Waals surface area contributed by atoms with Gasteiger partial charge in [0.1, 0.15) is 30.0 Å². The van der Waals surface area contributed by atoms with E-state index in [-0.39, 0.29) is 18.4 Å². The minimum absolute atomic E-state index is 0.275. The maximum absolute atomic E-state index is 15.0. The zero-order valence-electron chi connectivity index (χ0n) is 19.6. The Morgan fingerprint density at radius 1 is 1.09 bits per heavy atom. The van der Waals surface area contributed by atoms with Gasteiger partial charge < -0.3 is 23.5 Å². The number of fused-ring (bicyclic) bond motifs is 2. The van der Waals surface area contributed by atoms with Crippen molar-refractivity contribution in [1.29, 1.82) is 0 Å². The molecule has 33 heavy (non-hydrogen) atoms. The van der Waals surface area contributed by atoms with Crippen molar-refractivity contribution in [2.75, 3.05) is 6.61 Å². The molecule has 1 aliphatic carbocycles. The molecule has 2 aromatic carbocycles. The zero-order chi connectivity index (χ0) is 23.5. The molecule has 2 aromatic rings. The lowest BCUT2D eigenvalue weighted by atomic mass is 9.75. The molecular formula is C25H28BFO6. The van der Waals surface area contributed by atoms with Crippen LogP contribution in [0.2, 0.25) is 0 Å². The van der Waals surface area contributed by atoms with E-state index < -0.39 is 30.5 Å². The van der Waals surface area contributed by atoms with E-state index >= 15 is 0 Å². The Kier molecular flexibility index (Phi) is 5.21. The zero-order valence-corrected chi connectivity index (χ0v) is 19.6. The highest BCUT2D eigenvalue weighted by Gasteiger charge is 2.52. The summed E-state index contributed by atoms with van der Waals surface area (Å²) < 4.78 is 44.6. The van der Waals surface area contributed by atoms with Gasteiger partial charge in [-0.25, -0.2) is 4.39 Å². The van der Waals surface area contributed by atoms with Crippen LogP contribution in [0.15, 0.2) is 30.3 Å². The average molecular weight is 454 g/mol. The van der Waals surface area contributed by atoms with Gasteiger partial charge in [-0.15, -0.1) is 0 Å². The third-order valence-electron chi connectivity index (χ3n) is 7.13. The number of benzene rings is 2. The highest BCUT2D eigenvalue weighted by molar-refractivity contribution is 6.62. The van der Waals surface area contributed by atoms with Gasteiger partial charge >= 0.3 is 13.1 Å². The molecular weight excluding hydrogens is 426 g/mol. The Morgan fingerprint density at radius 3 is 2.52 bits per heavy atom. The van der Waals surface area contributed by atoms with Crippen LogP contribution in [0, 0.1) is 5.82 Å². The number of carbonyl (C=O) groups is 1. The predicted molar refractivity (Wildman–Crippen MR) is 120 cm³/mol. The lowest BCUT2D eigenvalue weighted by molar-refractivity contribution is -0.147. The molecule has 8 heteroatoms. The molecule has 5 rings (SSSR count). The van der Waals surface area contributed by atoms with Crippen molar-refractivity contribution in [3.05, 3.63) is 52.8 Å². The number of ether oxygens (including phenoxy) is 3. The summed E-state index contributed by atoms with van der Waals surface area (Å²) in [5.41, 5.74) is 2.17. The van der Waals surface area contributed by atoms with Crippen molar-refractivity contribution in [2.45, 2.75) is 70.9 Å². The van der Waals surface area contributed by atoms with Gasteiger partial charge in [0.05, 0.1) is 11.2 Å². The van der Waals surface area contributed by atoms with Crippen LogP contribution in [0.25, 0.3) is 0 Å². The number of hydrogen-bond acceptors (Lipinski definition) is 6. The first kappa shape index (κ1) is 22.2. The molecule has 2 aliphatic heterocycles. The number of rotatable bonds is 4. The summed E-state index contributed by atoms with van der Waals surface area (Å²) in [6.07, 6.45) is 0.481. The first-order valence-corrected chi connectivity index (χ1v) is 11.3. The summed E-state index contributed by atoms with van der Waals surface area (Å²) in [7, 11) is -0.547. The van der Waals surface area contributed by atoms with Crippen LogP contribution in [-0.2, 0) is 25.3 Å². The van der Waals surface area contributed by atoms with E-state index in [1.807, 2.05) is 33.8 Å². The van der Waals surface area contributed by atoms with Crippen LogP contribution < -0.4 is 14.9 Å². The topological polar surface area (TPSA) is 63.2 Å². The third kappa shape index (κ3) is 3.79. The van der Waals surface area contributed by atoms with Crippen LogP contribution in [0.1, 0.15) is 69.9 Å². The normalized spacial score (nSPS) is 24.2. The van der Waals surface area contributed by atoms with Gasteiger partial charge in [-0.05, 0) is 69.8 Å². The number of hydrogen-bond donors (Lipinski definition) is 0. The summed E-state index contributed by atoms with van der Waals surface area (Å²) in [4.78, 5) is 11.3. The van der Waals surface area contributed by atoms with Gasteiger partial charge in [0.15, 0.2) is 6.10 Å². The highest BCUT2D eigenvalue weighted by Crippen LogP contribution is 2.42. The van der Waals surface area contributed by atoms with Crippen LogP contribution in [0.3, 0.4) is 0 Å². The van der Waals surface area contributed by atoms with Gasteiger partial charge in [-0.3, -0.25) is 4.79 Å². The summed E-state index contributed by atoms with van der Waals surface area (Å²) in [6, 6.07) is 8.64. The Hall–Kier alpha value is -2.58. The van der Waals surface area contributed by atoms with Crippen molar-refractivity contribution in [3.63, 3.8) is 0 Å². The second-order valence-electron chi connectivity index (χ2n) is 9.87. The van der Waals surface area contributed by atoms with E-state index in [0.29, 0.717) is 29.9 Å². The fraction of sp³-hybridized carbons (Fsp3) is 0.480. The van der Waals surface area contributed by atoms with E-state index in [1.165, 1.54) is 13.0 Å². The van der Waals surface area contributed by atoms with Crippen molar-refractivity contribution in [3.8, 4) is 11.5 Å². The van der Waals surface area contributed by atoms with Gasteiger partial charge in [0, 0.05) is 24.1 Å².